The van der Waals surface area contributed by atoms with Gasteiger partial charge in [-0.15, -0.1) is 0 Å². The summed E-state index contributed by atoms with van der Waals surface area (Å²) in [5.74, 6) is -0.389. The molecule has 0 aromatic carbocycles. The molecule has 48 valence electrons. The Morgan fingerprint density at radius 1 is 1.56 bits per heavy atom. The normalized spacial score (nSPS) is 25.4. The lowest BCUT2D eigenvalue weighted by Crippen LogP contribution is -2.28. The van der Waals surface area contributed by atoms with Crippen LogP contribution in [0.3, 0.4) is 0 Å². The summed E-state index contributed by atoms with van der Waals surface area (Å²) < 4.78 is 0. The molecule has 0 aromatic rings. The maximum atomic E-state index is 10.6. The fourth-order valence-corrected chi connectivity index (χ4v) is 0.528. The highest BCUT2D eigenvalue weighted by atomic mass is 16.3. The Hall–Kier alpha value is -1.09. The number of carbonyl (C=O) groups is 1. The monoisotopic (exact) mass is 125 g/mol. The Kier molecular flexibility index (Phi) is 1.65. The Balaban J connectivity index is 2.69. The Labute approximate surface area is 52.7 Å². The molecule has 0 radical (unpaired) electrons. The molecule has 1 unspecified atom stereocenters. The maximum Gasteiger partial charge on any atom is 0.256 e. The van der Waals surface area contributed by atoms with Crippen LogP contribution in [0.4, 0.5) is 0 Å². The summed E-state index contributed by atoms with van der Waals surface area (Å²) in [5.41, 5.74) is 0. The molecule has 0 fully saturated rings. The summed E-state index contributed by atoms with van der Waals surface area (Å²) in [4.78, 5) is 10.6. The first-order valence-electron chi connectivity index (χ1n) is 2.62. The average molecular weight is 125 g/mol. The molecule has 0 aliphatic carbocycles. The van der Waals surface area contributed by atoms with Crippen molar-refractivity contribution >= 4 is 5.91 Å². The molecule has 0 aromatic heterocycles. The smallest absolute Gasteiger partial charge is 0.256 e. The van der Waals surface area contributed by atoms with Crippen LogP contribution in [-0.4, -0.2) is 17.1 Å². The summed E-state index contributed by atoms with van der Waals surface area (Å²) >= 11 is 0. The zero-order valence-electron chi connectivity index (χ0n) is 4.74. The summed E-state index contributed by atoms with van der Waals surface area (Å²) in [6, 6.07) is 0. The van der Waals surface area contributed by atoms with Crippen LogP contribution in [0.5, 0.6) is 0 Å². The van der Waals surface area contributed by atoms with Crippen molar-refractivity contribution in [1.82, 2.24) is 5.32 Å². The second-order valence-electron chi connectivity index (χ2n) is 1.70. The average Bonchev–Trinajstić information content (AvgIpc) is 1.99. The molecular formula is C6H7NO2. The fraction of sp³-hybridized carbons (Fsp3) is 0.167. The van der Waals surface area contributed by atoms with Crippen molar-refractivity contribution in [2.75, 3.05) is 0 Å². The highest BCUT2D eigenvalue weighted by Crippen LogP contribution is 1.90. The van der Waals surface area contributed by atoms with Crippen LogP contribution in [0.25, 0.3) is 0 Å². The van der Waals surface area contributed by atoms with E-state index in [-0.39, 0.29) is 5.91 Å². The van der Waals surface area contributed by atoms with Gasteiger partial charge in [-0.1, -0.05) is 6.08 Å². The van der Waals surface area contributed by atoms with Crippen molar-refractivity contribution in [3.8, 4) is 0 Å². The maximum absolute atomic E-state index is 10.6. The van der Waals surface area contributed by atoms with E-state index in [1.165, 1.54) is 12.3 Å². The number of nitrogens with one attached hydrogen (secondary N) is 1. The van der Waals surface area contributed by atoms with Gasteiger partial charge in [0.15, 0.2) is 6.10 Å². The Bertz CT molecular complexity index is 172. The number of carbonyl (C=O) groups excluding carboxylic acids is 1. The highest BCUT2D eigenvalue weighted by molar-refractivity contribution is 5.83. The topological polar surface area (TPSA) is 49.3 Å². The highest BCUT2D eigenvalue weighted by Gasteiger charge is 2.09. The van der Waals surface area contributed by atoms with Crippen molar-refractivity contribution in [2.45, 2.75) is 6.10 Å². The number of hydrogen-bond donors (Lipinski definition) is 2. The van der Waals surface area contributed by atoms with E-state index >= 15 is 0 Å². The van der Waals surface area contributed by atoms with E-state index < -0.39 is 6.10 Å². The number of amides is 1. The molecule has 0 spiro atoms. The summed E-state index contributed by atoms with van der Waals surface area (Å²) in [7, 11) is 0. The molecule has 1 aliphatic heterocycles. The third kappa shape index (κ3) is 1.40. The lowest BCUT2D eigenvalue weighted by atomic mass is 10.3. The van der Waals surface area contributed by atoms with Crippen LogP contribution >= 0.6 is 0 Å². The number of allylic oxidation sites excluding steroid dienone is 2. The second-order valence-corrected chi connectivity index (χ2v) is 1.70. The summed E-state index contributed by atoms with van der Waals surface area (Å²) in [5, 5.41) is 11.2. The minimum absolute atomic E-state index is 0.389. The van der Waals surface area contributed by atoms with Gasteiger partial charge in [0.1, 0.15) is 0 Å². The van der Waals surface area contributed by atoms with E-state index in [0.717, 1.165) is 0 Å². The van der Waals surface area contributed by atoms with Crippen LogP contribution in [0.15, 0.2) is 24.4 Å². The van der Waals surface area contributed by atoms with Gasteiger partial charge in [-0.25, -0.2) is 0 Å². The lowest BCUT2D eigenvalue weighted by Gasteiger charge is -1.99. The molecule has 0 saturated heterocycles. The molecule has 1 amide bonds. The summed E-state index contributed by atoms with van der Waals surface area (Å²) in [6.07, 6.45) is 5.16. The van der Waals surface area contributed by atoms with Crippen molar-refractivity contribution < 1.29 is 9.90 Å². The molecule has 0 bridgehead atoms. The van der Waals surface area contributed by atoms with Crippen molar-refractivity contribution in [2.24, 2.45) is 0 Å². The van der Waals surface area contributed by atoms with Crippen molar-refractivity contribution in [3.05, 3.63) is 24.4 Å². The third-order valence-electron chi connectivity index (χ3n) is 0.995. The predicted molar refractivity (Wildman–Crippen MR) is 32.4 cm³/mol. The lowest BCUT2D eigenvalue weighted by molar-refractivity contribution is -0.126. The first-order valence-corrected chi connectivity index (χ1v) is 2.62. The van der Waals surface area contributed by atoms with Gasteiger partial charge in [0.05, 0.1) is 0 Å². The van der Waals surface area contributed by atoms with Crippen molar-refractivity contribution in [1.29, 1.82) is 0 Å². The molecular weight excluding hydrogens is 118 g/mol. The molecule has 1 aliphatic rings. The Morgan fingerprint density at radius 2 is 2.33 bits per heavy atom. The third-order valence-corrected chi connectivity index (χ3v) is 0.995. The Morgan fingerprint density at radius 3 is 3.11 bits per heavy atom. The van der Waals surface area contributed by atoms with E-state index in [1.807, 2.05) is 0 Å². The quantitative estimate of drug-likeness (QED) is 0.460. The summed E-state index contributed by atoms with van der Waals surface area (Å²) in [6.45, 7) is 0. The molecule has 0 saturated carbocycles. The van der Waals surface area contributed by atoms with Gasteiger partial charge in [-0.05, 0) is 12.2 Å². The van der Waals surface area contributed by atoms with Crippen LogP contribution < -0.4 is 5.32 Å². The SMILES string of the molecule is O=C1NC=CC=CC1O. The van der Waals surface area contributed by atoms with Gasteiger partial charge < -0.3 is 10.4 Å². The second kappa shape index (κ2) is 2.46. The van der Waals surface area contributed by atoms with E-state index in [2.05, 4.69) is 5.32 Å². The first kappa shape index (κ1) is 6.04. The van der Waals surface area contributed by atoms with Crippen LogP contribution in [0, 0.1) is 0 Å². The van der Waals surface area contributed by atoms with Crippen LogP contribution in [0.1, 0.15) is 0 Å². The van der Waals surface area contributed by atoms with Crippen molar-refractivity contribution in [3.63, 3.8) is 0 Å². The molecule has 3 nitrogen and oxygen atoms in total. The zero-order valence-corrected chi connectivity index (χ0v) is 4.74. The van der Waals surface area contributed by atoms with Gasteiger partial charge in [0, 0.05) is 6.20 Å². The van der Waals surface area contributed by atoms with Crippen LogP contribution in [-0.2, 0) is 4.79 Å². The van der Waals surface area contributed by atoms with Crippen LogP contribution in [0.2, 0.25) is 0 Å². The molecule has 3 heteroatoms. The van der Waals surface area contributed by atoms with E-state index in [0.29, 0.717) is 0 Å². The number of aliphatic hydroxyl groups is 1. The molecule has 1 atom stereocenters. The van der Waals surface area contributed by atoms with Gasteiger partial charge in [-0.2, -0.15) is 0 Å². The molecule has 1 rings (SSSR count). The molecule has 9 heavy (non-hydrogen) atoms. The number of hydrogen-bond acceptors (Lipinski definition) is 2. The standard InChI is InChI=1S/C6H7NO2/c8-5-3-1-2-4-7-6(5)9/h1-5,8H,(H,7,9). The molecule has 1 heterocycles. The predicted octanol–water partition coefficient (Wildman–Crippen LogP) is -0.453. The number of aliphatic hydroxyl groups excluding tert-OH is 1. The van der Waals surface area contributed by atoms with E-state index in [1.54, 1.807) is 12.2 Å². The van der Waals surface area contributed by atoms with E-state index in [4.69, 9.17) is 5.11 Å². The fourth-order valence-electron chi connectivity index (χ4n) is 0.528. The largest absolute Gasteiger partial charge is 0.379 e. The van der Waals surface area contributed by atoms with Gasteiger partial charge in [0.2, 0.25) is 0 Å². The minimum Gasteiger partial charge on any atom is -0.379 e. The number of rotatable bonds is 0. The van der Waals surface area contributed by atoms with Gasteiger partial charge >= 0.3 is 0 Å². The first-order chi connectivity index (χ1) is 4.30. The van der Waals surface area contributed by atoms with Gasteiger partial charge in [0.25, 0.3) is 5.91 Å². The molecule has 2 N–H and O–H groups in total. The van der Waals surface area contributed by atoms with Gasteiger partial charge in [-0.3, -0.25) is 4.79 Å². The van der Waals surface area contributed by atoms with E-state index in [9.17, 15) is 4.79 Å². The minimum atomic E-state index is -1.00. The zero-order chi connectivity index (χ0) is 6.69.